The first-order valence-electron chi connectivity index (χ1n) is 4.11. The number of aromatic amines is 1. The number of hydrogen-bond donors (Lipinski definition) is 2. The molecule has 2 aromatic heterocycles. The maximum atomic E-state index is 11.3. The van der Waals surface area contributed by atoms with Gasteiger partial charge in [-0.1, -0.05) is 0 Å². The van der Waals surface area contributed by atoms with E-state index < -0.39 is 0 Å². The third-order valence-corrected chi connectivity index (χ3v) is 2.92. The molecular weight excluding hydrogens is 184 g/mol. The molecule has 3 N–H and O–H groups in total. The molecule has 0 aliphatic carbocycles. The second-order valence-electron chi connectivity index (χ2n) is 2.85. The van der Waals surface area contributed by atoms with Crippen molar-refractivity contribution in [2.45, 2.75) is 6.42 Å². The Hall–Kier alpha value is -1.13. The highest BCUT2D eigenvalue weighted by Gasteiger charge is 2.04. The minimum Gasteiger partial charge on any atom is -0.330 e. The second kappa shape index (κ2) is 3.32. The van der Waals surface area contributed by atoms with Crippen molar-refractivity contribution >= 4 is 21.4 Å². The summed E-state index contributed by atoms with van der Waals surface area (Å²) in [6.07, 6.45) is 2.56. The van der Waals surface area contributed by atoms with E-state index in [1.165, 1.54) is 11.3 Å². The molecule has 2 heterocycles. The fraction of sp³-hybridized carbons (Fsp3) is 0.222. The highest BCUT2D eigenvalue weighted by Crippen LogP contribution is 2.19. The molecule has 0 radical (unpaired) electrons. The van der Waals surface area contributed by atoms with Gasteiger partial charge in [0, 0.05) is 11.6 Å². The molecule has 13 heavy (non-hydrogen) atoms. The molecule has 0 saturated heterocycles. The van der Waals surface area contributed by atoms with Gasteiger partial charge in [-0.3, -0.25) is 4.79 Å². The first kappa shape index (κ1) is 8.47. The lowest BCUT2D eigenvalue weighted by molar-refractivity contribution is 0.967. The molecule has 0 aliphatic rings. The Balaban J connectivity index is 2.71. The molecule has 0 spiro atoms. The van der Waals surface area contributed by atoms with Crippen LogP contribution in [0.2, 0.25) is 0 Å². The van der Waals surface area contributed by atoms with E-state index in [0.29, 0.717) is 6.54 Å². The fourth-order valence-electron chi connectivity index (χ4n) is 1.40. The molecule has 0 unspecified atom stereocenters. The molecule has 0 bridgehead atoms. The highest BCUT2D eigenvalue weighted by atomic mass is 32.1. The van der Waals surface area contributed by atoms with Gasteiger partial charge in [-0.25, -0.2) is 0 Å². The molecule has 0 saturated carbocycles. The summed E-state index contributed by atoms with van der Waals surface area (Å²) in [5.41, 5.74) is 6.58. The largest absolute Gasteiger partial charge is 0.330 e. The first-order chi connectivity index (χ1) is 6.33. The van der Waals surface area contributed by atoms with E-state index in [0.717, 1.165) is 22.1 Å². The van der Waals surface area contributed by atoms with Gasteiger partial charge < -0.3 is 10.7 Å². The molecule has 0 amide bonds. The lowest BCUT2D eigenvalue weighted by Gasteiger charge is -1.99. The number of thiophene rings is 1. The smallest absolute Gasteiger partial charge is 0.265 e. The summed E-state index contributed by atoms with van der Waals surface area (Å²) in [7, 11) is 0. The number of aromatic nitrogens is 1. The number of H-pyrrole nitrogens is 1. The molecule has 0 fully saturated rings. The number of rotatable bonds is 2. The van der Waals surface area contributed by atoms with Gasteiger partial charge in [-0.15, -0.1) is 11.3 Å². The number of nitrogens with two attached hydrogens (primary N) is 1. The SMILES string of the molecule is NCCc1c[nH]c(=O)c2sccc12. The average molecular weight is 194 g/mol. The third-order valence-electron chi connectivity index (χ3n) is 2.01. The van der Waals surface area contributed by atoms with Crippen LogP contribution in [0.5, 0.6) is 0 Å². The Morgan fingerprint density at radius 3 is 3.15 bits per heavy atom. The van der Waals surface area contributed by atoms with Crippen molar-refractivity contribution in [2.24, 2.45) is 5.73 Å². The van der Waals surface area contributed by atoms with Gasteiger partial charge in [0.1, 0.15) is 0 Å². The van der Waals surface area contributed by atoms with E-state index in [2.05, 4.69) is 4.98 Å². The van der Waals surface area contributed by atoms with Gasteiger partial charge in [-0.05, 0) is 30.0 Å². The molecule has 0 aliphatic heterocycles. The summed E-state index contributed by atoms with van der Waals surface area (Å²) < 4.78 is 0.797. The van der Waals surface area contributed by atoms with Crippen LogP contribution in [0.4, 0.5) is 0 Å². The normalized spacial score (nSPS) is 10.8. The number of fused-ring (bicyclic) bond motifs is 1. The van der Waals surface area contributed by atoms with Crippen molar-refractivity contribution in [3.63, 3.8) is 0 Å². The fourth-order valence-corrected chi connectivity index (χ4v) is 2.23. The van der Waals surface area contributed by atoms with Crippen molar-refractivity contribution in [1.82, 2.24) is 4.98 Å². The minimum atomic E-state index is -0.00854. The molecule has 2 rings (SSSR count). The minimum absolute atomic E-state index is 0.00854. The monoisotopic (exact) mass is 194 g/mol. The number of nitrogens with one attached hydrogen (secondary N) is 1. The molecular formula is C9H10N2OS. The summed E-state index contributed by atoms with van der Waals surface area (Å²) in [6, 6.07) is 1.97. The van der Waals surface area contributed by atoms with Gasteiger partial charge in [0.05, 0.1) is 4.70 Å². The van der Waals surface area contributed by atoms with Crippen LogP contribution in [-0.2, 0) is 6.42 Å². The van der Waals surface area contributed by atoms with Gasteiger partial charge in [-0.2, -0.15) is 0 Å². The Kier molecular flexibility index (Phi) is 2.16. The van der Waals surface area contributed by atoms with E-state index in [1.807, 2.05) is 11.4 Å². The standard InChI is InChI=1S/C9H10N2OS/c10-3-1-6-5-11-9(12)8-7(6)2-4-13-8/h2,4-5H,1,3,10H2,(H,11,12). The Bertz CT molecular complexity index is 472. The van der Waals surface area contributed by atoms with E-state index in [9.17, 15) is 4.79 Å². The van der Waals surface area contributed by atoms with Crippen LogP contribution in [-0.4, -0.2) is 11.5 Å². The van der Waals surface area contributed by atoms with Gasteiger partial charge in [0.2, 0.25) is 0 Å². The summed E-state index contributed by atoms with van der Waals surface area (Å²) in [5.74, 6) is 0. The second-order valence-corrected chi connectivity index (χ2v) is 3.76. The third kappa shape index (κ3) is 1.38. The van der Waals surface area contributed by atoms with Gasteiger partial charge in [0.25, 0.3) is 5.56 Å². The Morgan fingerprint density at radius 2 is 2.38 bits per heavy atom. The van der Waals surface area contributed by atoms with Crippen LogP contribution in [0, 0.1) is 0 Å². The van der Waals surface area contributed by atoms with Crippen LogP contribution in [0.25, 0.3) is 10.1 Å². The number of hydrogen-bond acceptors (Lipinski definition) is 3. The summed E-state index contributed by atoms with van der Waals surface area (Å²) in [5, 5.41) is 2.97. The Morgan fingerprint density at radius 1 is 1.54 bits per heavy atom. The molecule has 4 heteroatoms. The van der Waals surface area contributed by atoms with E-state index in [4.69, 9.17) is 5.73 Å². The molecule has 0 atom stereocenters. The van der Waals surface area contributed by atoms with Crippen molar-refractivity contribution in [2.75, 3.05) is 6.54 Å². The summed E-state index contributed by atoms with van der Waals surface area (Å²) in [4.78, 5) is 14.0. The highest BCUT2D eigenvalue weighted by molar-refractivity contribution is 7.17. The van der Waals surface area contributed by atoms with E-state index in [-0.39, 0.29) is 5.56 Å². The molecule has 2 aromatic rings. The van der Waals surface area contributed by atoms with Crippen molar-refractivity contribution < 1.29 is 0 Å². The Labute approximate surface area is 79.2 Å². The van der Waals surface area contributed by atoms with Crippen LogP contribution in [0.3, 0.4) is 0 Å². The first-order valence-corrected chi connectivity index (χ1v) is 4.98. The van der Waals surface area contributed by atoms with Crippen molar-refractivity contribution in [1.29, 1.82) is 0 Å². The summed E-state index contributed by atoms with van der Waals surface area (Å²) >= 11 is 1.47. The molecule has 3 nitrogen and oxygen atoms in total. The number of pyridine rings is 1. The topological polar surface area (TPSA) is 58.9 Å². The predicted molar refractivity (Wildman–Crippen MR) is 55.2 cm³/mol. The lowest BCUT2D eigenvalue weighted by Crippen LogP contribution is -2.08. The van der Waals surface area contributed by atoms with Crippen LogP contribution in [0.15, 0.2) is 22.4 Å². The van der Waals surface area contributed by atoms with Crippen molar-refractivity contribution in [3.05, 3.63) is 33.6 Å². The van der Waals surface area contributed by atoms with Crippen LogP contribution >= 0.6 is 11.3 Å². The summed E-state index contributed by atoms with van der Waals surface area (Å²) in [6.45, 7) is 0.608. The average Bonchev–Trinajstić information content (AvgIpc) is 2.59. The van der Waals surface area contributed by atoms with Crippen LogP contribution < -0.4 is 11.3 Å². The zero-order valence-electron chi connectivity index (χ0n) is 7.04. The molecule has 0 aromatic carbocycles. The van der Waals surface area contributed by atoms with Crippen molar-refractivity contribution in [3.8, 4) is 0 Å². The zero-order valence-corrected chi connectivity index (χ0v) is 7.86. The zero-order chi connectivity index (χ0) is 9.26. The van der Waals surface area contributed by atoms with Crippen LogP contribution in [0.1, 0.15) is 5.56 Å². The quantitative estimate of drug-likeness (QED) is 0.751. The maximum Gasteiger partial charge on any atom is 0.265 e. The van der Waals surface area contributed by atoms with Gasteiger partial charge >= 0.3 is 0 Å². The van der Waals surface area contributed by atoms with Gasteiger partial charge in [0.15, 0.2) is 0 Å². The molecule has 68 valence electrons. The van der Waals surface area contributed by atoms with E-state index in [1.54, 1.807) is 6.20 Å². The maximum absolute atomic E-state index is 11.3. The van der Waals surface area contributed by atoms with E-state index >= 15 is 0 Å². The lowest BCUT2D eigenvalue weighted by atomic mass is 10.1. The predicted octanol–water partition coefficient (Wildman–Crippen LogP) is 1.09.